The van der Waals surface area contributed by atoms with Gasteiger partial charge in [-0.15, -0.1) is 0 Å². The monoisotopic (exact) mass is 286 g/mol. The predicted molar refractivity (Wildman–Crippen MR) is 78.1 cm³/mol. The Kier molecular flexibility index (Phi) is 4.45. The number of carbonyl (C=O) groups excluding carboxylic acids is 1. The second-order valence-electron chi connectivity index (χ2n) is 4.23. The second kappa shape index (κ2) is 6.47. The van der Waals surface area contributed by atoms with Gasteiger partial charge in [-0.3, -0.25) is 14.9 Å². The molecule has 0 bridgehead atoms. The molecule has 1 aromatic carbocycles. The lowest BCUT2D eigenvalue weighted by molar-refractivity contribution is -0.385. The highest BCUT2D eigenvalue weighted by molar-refractivity contribution is 5.92. The van der Waals surface area contributed by atoms with Crippen molar-refractivity contribution >= 4 is 17.4 Å². The Hall–Kier alpha value is -2.96. The van der Waals surface area contributed by atoms with Crippen LogP contribution in [-0.4, -0.2) is 22.9 Å². The summed E-state index contributed by atoms with van der Waals surface area (Å²) in [7, 11) is 1.71. The molecular formula is C14H14N4O3. The van der Waals surface area contributed by atoms with Crippen molar-refractivity contribution in [3.05, 3.63) is 63.8 Å². The first-order valence-corrected chi connectivity index (χ1v) is 6.27. The molecule has 0 unspecified atom stereocenters. The molecule has 0 saturated heterocycles. The third-order valence-corrected chi connectivity index (χ3v) is 2.87. The number of nitrogens with one attached hydrogen (secondary N) is 2. The number of nitrogens with zero attached hydrogens (tertiary/aromatic N) is 2. The molecule has 21 heavy (non-hydrogen) atoms. The average molecular weight is 286 g/mol. The van der Waals surface area contributed by atoms with Gasteiger partial charge in [-0.2, -0.15) is 0 Å². The van der Waals surface area contributed by atoms with Crippen LogP contribution in [0.1, 0.15) is 16.1 Å². The van der Waals surface area contributed by atoms with E-state index in [1.807, 2.05) is 0 Å². The summed E-state index contributed by atoms with van der Waals surface area (Å²) < 4.78 is 0. The lowest BCUT2D eigenvalue weighted by Gasteiger charge is -2.06. The Bertz CT molecular complexity index is 673. The standard InChI is InChI=1S/C14H14N4O3/c1-15-13-8-4-6-11(17-13)14(19)16-9-10-5-2-3-7-12(10)18(20)21/h2-8H,9H2,1H3,(H,15,17)(H,16,19). The molecule has 0 fully saturated rings. The minimum absolute atomic E-state index is 0.0188. The van der Waals surface area contributed by atoms with Gasteiger partial charge in [0.2, 0.25) is 0 Å². The summed E-state index contributed by atoms with van der Waals surface area (Å²) in [4.78, 5) is 26.5. The van der Waals surface area contributed by atoms with Gasteiger partial charge in [-0.1, -0.05) is 24.3 Å². The van der Waals surface area contributed by atoms with E-state index in [0.29, 0.717) is 11.4 Å². The maximum Gasteiger partial charge on any atom is 0.274 e. The van der Waals surface area contributed by atoms with Crippen LogP contribution in [0.15, 0.2) is 42.5 Å². The fourth-order valence-corrected chi connectivity index (χ4v) is 1.80. The normalized spacial score (nSPS) is 9.95. The van der Waals surface area contributed by atoms with E-state index in [9.17, 15) is 14.9 Å². The van der Waals surface area contributed by atoms with Gasteiger partial charge in [0, 0.05) is 25.2 Å². The number of amides is 1. The van der Waals surface area contributed by atoms with E-state index >= 15 is 0 Å². The molecule has 0 saturated carbocycles. The zero-order chi connectivity index (χ0) is 15.2. The molecule has 0 aliphatic carbocycles. The predicted octanol–water partition coefficient (Wildman–Crippen LogP) is 1.96. The number of rotatable bonds is 5. The minimum atomic E-state index is -0.471. The third kappa shape index (κ3) is 3.53. The van der Waals surface area contributed by atoms with Crippen molar-refractivity contribution in [2.24, 2.45) is 0 Å². The zero-order valence-corrected chi connectivity index (χ0v) is 11.4. The van der Waals surface area contributed by atoms with Gasteiger partial charge < -0.3 is 10.6 Å². The van der Waals surface area contributed by atoms with Gasteiger partial charge in [-0.25, -0.2) is 4.98 Å². The number of hydrogen-bond acceptors (Lipinski definition) is 5. The van der Waals surface area contributed by atoms with Gasteiger partial charge in [-0.05, 0) is 12.1 Å². The zero-order valence-electron chi connectivity index (χ0n) is 11.4. The van der Waals surface area contributed by atoms with E-state index in [1.165, 1.54) is 6.07 Å². The molecule has 1 heterocycles. The lowest BCUT2D eigenvalue weighted by atomic mass is 10.2. The molecule has 108 valence electrons. The van der Waals surface area contributed by atoms with Gasteiger partial charge in [0.15, 0.2) is 0 Å². The average Bonchev–Trinajstić information content (AvgIpc) is 2.52. The van der Waals surface area contributed by atoms with Crippen molar-refractivity contribution in [2.75, 3.05) is 12.4 Å². The van der Waals surface area contributed by atoms with E-state index in [1.54, 1.807) is 43.4 Å². The van der Waals surface area contributed by atoms with Crippen LogP contribution in [0.5, 0.6) is 0 Å². The van der Waals surface area contributed by atoms with Crippen molar-refractivity contribution in [2.45, 2.75) is 6.54 Å². The van der Waals surface area contributed by atoms with Crippen molar-refractivity contribution in [3.8, 4) is 0 Å². The highest BCUT2D eigenvalue weighted by Gasteiger charge is 2.14. The third-order valence-electron chi connectivity index (χ3n) is 2.87. The first-order valence-electron chi connectivity index (χ1n) is 6.27. The van der Waals surface area contributed by atoms with Gasteiger partial charge in [0.1, 0.15) is 11.5 Å². The Morgan fingerprint density at radius 1 is 1.24 bits per heavy atom. The second-order valence-corrected chi connectivity index (χ2v) is 4.23. The smallest absolute Gasteiger partial charge is 0.274 e. The first kappa shape index (κ1) is 14.4. The Balaban J connectivity index is 2.09. The molecule has 0 atom stereocenters. The first-order chi connectivity index (χ1) is 10.1. The highest BCUT2D eigenvalue weighted by Crippen LogP contribution is 2.17. The van der Waals surface area contributed by atoms with Crippen LogP contribution >= 0.6 is 0 Å². The fourth-order valence-electron chi connectivity index (χ4n) is 1.80. The van der Waals surface area contributed by atoms with Gasteiger partial charge in [0.05, 0.1) is 4.92 Å². The Labute approximate surface area is 121 Å². The number of benzene rings is 1. The molecule has 7 nitrogen and oxygen atoms in total. The summed E-state index contributed by atoms with van der Waals surface area (Å²) in [5, 5.41) is 16.4. The lowest BCUT2D eigenvalue weighted by Crippen LogP contribution is -2.24. The largest absolute Gasteiger partial charge is 0.373 e. The van der Waals surface area contributed by atoms with E-state index in [2.05, 4.69) is 15.6 Å². The summed E-state index contributed by atoms with van der Waals surface area (Å²) in [5.41, 5.74) is 0.677. The maximum absolute atomic E-state index is 12.0. The maximum atomic E-state index is 12.0. The number of anilines is 1. The van der Waals surface area contributed by atoms with Crippen molar-refractivity contribution in [3.63, 3.8) is 0 Å². The molecule has 1 amide bonds. The quantitative estimate of drug-likeness (QED) is 0.647. The minimum Gasteiger partial charge on any atom is -0.373 e. The van der Waals surface area contributed by atoms with Crippen LogP contribution in [0.2, 0.25) is 0 Å². The summed E-state index contributed by atoms with van der Waals surface area (Å²) in [6.07, 6.45) is 0. The van der Waals surface area contributed by atoms with Crippen LogP contribution in [0.3, 0.4) is 0 Å². The number of nitro benzene ring substituents is 1. The number of carbonyl (C=O) groups is 1. The van der Waals surface area contributed by atoms with Crippen LogP contribution < -0.4 is 10.6 Å². The van der Waals surface area contributed by atoms with Gasteiger partial charge >= 0.3 is 0 Å². The van der Waals surface area contributed by atoms with E-state index < -0.39 is 4.92 Å². The topological polar surface area (TPSA) is 97.2 Å². The van der Waals surface area contributed by atoms with E-state index in [-0.39, 0.29) is 23.8 Å². The van der Waals surface area contributed by atoms with Crippen molar-refractivity contribution < 1.29 is 9.72 Å². The van der Waals surface area contributed by atoms with Crippen LogP contribution in [0.25, 0.3) is 0 Å². The molecule has 2 rings (SSSR count). The molecule has 2 aromatic rings. The van der Waals surface area contributed by atoms with E-state index in [0.717, 1.165) is 0 Å². The molecule has 2 N–H and O–H groups in total. The molecular weight excluding hydrogens is 272 g/mol. The molecule has 7 heteroatoms. The summed E-state index contributed by atoms with van der Waals surface area (Å²) >= 11 is 0. The van der Waals surface area contributed by atoms with Gasteiger partial charge in [0.25, 0.3) is 11.6 Å². The van der Waals surface area contributed by atoms with Crippen LogP contribution in [0.4, 0.5) is 11.5 Å². The molecule has 1 aromatic heterocycles. The number of hydrogen-bond donors (Lipinski definition) is 2. The Morgan fingerprint density at radius 3 is 2.71 bits per heavy atom. The van der Waals surface area contributed by atoms with Crippen molar-refractivity contribution in [1.82, 2.24) is 10.3 Å². The number of para-hydroxylation sites is 1. The number of aromatic nitrogens is 1. The summed E-state index contributed by atoms with van der Waals surface area (Å²) in [5.74, 6) is 0.193. The van der Waals surface area contributed by atoms with Crippen LogP contribution in [0, 0.1) is 10.1 Å². The van der Waals surface area contributed by atoms with E-state index in [4.69, 9.17) is 0 Å². The molecule has 0 spiro atoms. The van der Waals surface area contributed by atoms with Crippen LogP contribution in [-0.2, 0) is 6.54 Å². The highest BCUT2D eigenvalue weighted by atomic mass is 16.6. The molecule has 0 radical (unpaired) electrons. The fraction of sp³-hybridized carbons (Fsp3) is 0.143. The Morgan fingerprint density at radius 2 is 2.00 bits per heavy atom. The summed E-state index contributed by atoms with van der Waals surface area (Å²) in [6.45, 7) is 0.0709. The molecule has 0 aliphatic heterocycles. The number of nitro groups is 1. The molecule has 0 aliphatic rings. The summed E-state index contributed by atoms with van der Waals surface area (Å²) in [6, 6.07) is 11.3. The number of pyridine rings is 1. The van der Waals surface area contributed by atoms with Crippen molar-refractivity contribution in [1.29, 1.82) is 0 Å². The SMILES string of the molecule is CNc1cccc(C(=O)NCc2ccccc2[N+](=O)[O-])n1.